The summed E-state index contributed by atoms with van der Waals surface area (Å²) in [6, 6.07) is 6.77. The van der Waals surface area contributed by atoms with E-state index >= 15 is 0 Å². The fourth-order valence-electron chi connectivity index (χ4n) is 1.26. The van der Waals surface area contributed by atoms with Crippen LogP contribution in [0.15, 0.2) is 24.3 Å². The standard InChI is InChI=1S/C12H18ClNO2S/c1-9(2)10(3)14-17(15,16)8-11-4-6-12(13)7-5-11/h4-7,9-10,14H,8H2,1-3H3. The molecule has 0 saturated heterocycles. The molecule has 1 aromatic rings. The van der Waals surface area contributed by atoms with Crippen LogP contribution in [-0.2, 0) is 15.8 Å². The second kappa shape index (κ2) is 5.85. The molecule has 1 atom stereocenters. The lowest BCUT2D eigenvalue weighted by Gasteiger charge is -2.17. The molecule has 0 aliphatic heterocycles. The fourth-order valence-corrected chi connectivity index (χ4v) is 2.94. The van der Waals surface area contributed by atoms with Crippen molar-refractivity contribution in [2.24, 2.45) is 5.92 Å². The average molecular weight is 276 g/mol. The Labute approximate surface area is 108 Å². The molecule has 96 valence electrons. The largest absolute Gasteiger partial charge is 0.216 e. The molecule has 0 aromatic heterocycles. The van der Waals surface area contributed by atoms with Gasteiger partial charge in [0.25, 0.3) is 0 Å². The molecule has 0 saturated carbocycles. The van der Waals surface area contributed by atoms with E-state index < -0.39 is 10.0 Å². The van der Waals surface area contributed by atoms with Crippen LogP contribution in [0.2, 0.25) is 5.02 Å². The van der Waals surface area contributed by atoms with E-state index in [4.69, 9.17) is 11.6 Å². The van der Waals surface area contributed by atoms with Crippen molar-refractivity contribution in [1.82, 2.24) is 4.72 Å². The van der Waals surface area contributed by atoms with Crippen LogP contribution < -0.4 is 4.72 Å². The van der Waals surface area contributed by atoms with Crippen molar-refractivity contribution >= 4 is 21.6 Å². The van der Waals surface area contributed by atoms with Crippen molar-refractivity contribution in [2.75, 3.05) is 0 Å². The van der Waals surface area contributed by atoms with Crippen LogP contribution in [0.4, 0.5) is 0 Å². The van der Waals surface area contributed by atoms with E-state index in [-0.39, 0.29) is 17.7 Å². The van der Waals surface area contributed by atoms with Gasteiger partial charge in [0, 0.05) is 11.1 Å². The molecule has 0 fully saturated rings. The van der Waals surface area contributed by atoms with Crippen molar-refractivity contribution in [3.63, 3.8) is 0 Å². The molecule has 1 unspecified atom stereocenters. The number of rotatable bonds is 5. The first-order valence-corrected chi connectivity index (χ1v) is 7.57. The first-order valence-electron chi connectivity index (χ1n) is 5.54. The first kappa shape index (κ1) is 14.5. The molecule has 3 nitrogen and oxygen atoms in total. The molecule has 0 aliphatic carbocycles. The van der Waals surface area contributed by atoms with Gasteiger partial charge in [-0.05, 0) is 30.5 Å². The van der Waals surface area contributed by atoms with Gasteiger partial charge >= 0.3 is 0 Å². The van der Waals surface area contributed by atoms with Crippen molar-refractivity contribution < 1.29 is 8.42 Å². The maximum atomic E-state index is 11.9. The van der Waals surface area contributed by atoms with E-state index in [0.29, 0.717) is 5.02 Å². The predicted molar refractivity (Wildman–Crippen MR) is 71.5 cm³/mol. The minimum absolute atomic E-state index is 0.0127. The van der Waals surface area contributed by atoms with E-state index in [2.05, 4.69) is 4.72 Å². The zero-order chi connectivity index (χ0) is 13.1. The molecule has 0 aliphatic rings. The number of nitrogens with one attached hydrogen (secondary N) is 1. The lowest BCUT2D eigenvalue weighted by atomic mass is 10.1. The van der Waals surface area contributed by atoms with Gasteiger partial charge in [0.2, 0.25) is 10.0 Å². The first-order chi connectivity index (χ1) is 7.80. The van der Waals surface area contributed by atoms with Crippen molar-refractivity contribution in [3.8, 4) is 0 Å². The van der Waals surface area contributed by atoms with Crippen molar-refractivity contribution in [3.05, 3.63) is 34.9 Å². The zero-order valence-electron chi connectivity index (χ0n) is 10.3. The van der Waals surface area contributed by atoms with Crippen LogP contribution >= 0.6 is 11.6 Å². The second-order valence-corrected chi connectivity index (χ2v) is 6.73. The van der Waals surface area contributed by atoms with Crippen LogP contribution in [-0.4, -0.2) is 14.5 Å². The third-order valence-corrected chi connectivity index (χ3v) is 4.33. The van der Waals surface area contributed by atoms with Gasteiger partial charge in [-0.15, -0.1) is 0 Å². The highest BCUT2D eigenvalue weighted by Crippen LogP contribution is 2.12. The number of halogens is 1. The Kier molecular flexibility index (Phi) is 4.98. The zero-order valence-corrected chi connectivity index (χ0v) is 11.8. The summed E-state index contributed by atoms with van der Waals surface area (Å²) in [5, 5.41) is 0.606. The summed E-state index contributed by atoms with van der Waals surface area (Å²) in [5.74, 6) is 0.260. The summed E-state index contributed by atoms with van der Waals surface area (Å²) in [6.45, 7) is 5.83. The molecule has 0 amide bonds. The molecule has 17 heavy (non-hydrogen) atoms. The van der Waals surface area contributed by atoms with E-state index in [0.717, 1.165) is 5.56 Å². The Bertz CT molecular complexity index is 454. The van der Waals surface area contributed by atoms with Gasteiger partial charge in [0.1, 0.15) is 0 Å². The van der Waals surface area contributed by atoms with Gasteiger partial charge in [-0.2, -0.15) is 0 Å². The van der Waals surface area contributed by atoms with Crippen LogP contribution in [0.5, 0.6) is 0 Å². The minimum atomic E-state index is -3.28. The monoisotopic (exact) mass is 275 g/mol. The highest BCUT2D eigenvalue weighted by Gasteiger charge is 2.17. The van der Waals surface area contributed by atoms with Gasteiger partial charge in [-0.1, -0.05) is 37.6 Å². The van der Waals surface area contributed by atoms with Gasteiger partial charge in [0.15, 0.2) is 0 Å². The van der Waals surface area contributed by atoms with Crippen LogP contribution in [0.3, 0.4) is 0 Å². The Morgan fingerprint density at radius 2 is 1.71 bits per heavy atom. The third kappa shape index (κ3) is 5.06. The molecule has 0 radical (unpaired) electrons. The number of hydrogen-bond donors (Lipinski definition) is 1. The number of benzene rings is 1. The number of hydrogen-bond acceptors (Lipinski definition) is 2. The maximum absolute atomic E-state index is 11.9. The lowest BCUT2D eigenvalue weighted by molar-refractivity contribution is 0.476. The van der Waals surface area contributed by atoms with Gasteiger partial charge in [-0.3, -0.25) is 0 Å². The van der Waals surface area contributed by atoms with Crippen molar-refractivity contribution in [1.29, 1.82) is 0 Å². The Morgan fingerprint density at radius 3 is 2.18 bits per heavy atom. The van der Waals surface area contributed by atoms with Gasteiger partial charge in [-0.25, -0.2) is 13.1 Å². The van der Waals surface area contributed by atoms with Crippen molar-refractivity contribution in [2.45, 2.75) is 32.6 Å². The summed E-state index contributed by atoms with van der Waals surface area (Å²) in [4.78, 5) is 0. The molecular formula is C12H18ClNO2S. The van der Waals surface area contributed by atoms with E-state index in [1.807, 2.05) is 20.8 Å². The Balaban J connectivity index is 2.70. The SMILES string of the molecule is CC(C)C(C)NS(=O)(=O)Cc1ccc(Cl)cc1. The highest BCUT2D eigenvalue weighted by molar-refractivity contribution is 7.88. The van der Waals surface area contributed by atoms with Gasteiger partial charge < -0.3 is 0 Å². The molecular weight excluding hydrogens is 258 g/mol. The fraction of sp³-hybridized carbons (Fsp3) is 0.500. The number of sulfonamides is 1. The Morgan fingerprint density at radius 1 is 1.18 bits per heavy atom. The summed E-state index contributed by atoms with van der Waals surface area (Å²) in [7, 11) is -3.28. The van der Waals surface area contributed by atoms with E-state index in [1.165, 1.54) is 0 Å². The highest BCUT2D eigenvalue weighted by atomic mass is 35.5. The van der Waals surface area contributed by atoms with Crippen LogP contribution in [0.1, 0.15) is 26.3 Å². The summed E-state index contributed by atoms with van der Waals surface area (Å²) >= 11 is 5.74. The van der Waals surface area contributed by atoms with Crippen LogP contribution in [0.25, 0.3) is 0 Å². The molecule has 1 rings (SSSR count). The topological polar surface area (TPSA) is 46.2 Å². The maximum Gasteiger partial charge on any atom is 0.216 e. The van der Waals surface area contributed by atoms with E-state index in [1.54, 1.807) is 24.3 Å². The van der Waals surface area contributed by atoms with Gasteiger partial charge in [0.05, 0.1) is 5.75 Å². The lowest BCUT2D eigenvalue weighted by Crippen LogP contribution is -2.36. The third-order valence-electron chi connectivity index (χ3n) is 2.64. The summed E-state index contributed by atoms with van der Waals surface area (Å²) < 4.78 is 26.4. The summed E-state index contributed by atoms with van der Waals surface area (Å²) in [5.41, 5.74) is 0.734. The second-order valence-electron chi connectivity index (χ2n) is 4.54. The smallest absolute Gasteiger partial charge is 0.212 e. The molecule has 5 heteroatoms. The molecule has 1 N–H and O–H groups in total. The Hall–Kier alpha value is -0.580. The normalized spacial score (nSPS) is 13.9. The van der Waals surface area contributed by atoms with E-state index in [9.17, 15) is 8.42 Å². The van der Waals surface area contributed by atoms with Crippen LogP contribution in [0, 0.1) is 5.92 Å². The quantitative estimate of drug-likeness (QED) is 0.898. The minimum Gasteiger partial charge on any atom is -0.212 e. The molecule has 0 heterocycles. The molecule has 1 aromatic carbocycles. The molecule has 0 bridgehead atoms. The average Bonchev–Trinajstić information content (AvgIpc) is 2.20. The summed E-state index contributed by atoms with van der Waals surface area (Å²) in [6.07, 6.45) is 0. The molecule has 0 spiro atoms. The predicted octanol–water partition coefficient (Wildman–Crippen LogP) is 2.80.